The molecular weight excluding hydrogens is 266 g/mol. The SMILES string of the molecule is CN(Cc1ccccn1)C(=O)C1CNc2ccccc2O1. The molecule has 1 aliphatic rings. The maximum atomic E-state index is 12.4. The van der Waals surface area contributed by atoms with Crippen LogP contribution >= 0.6 is 0 Å². The summed E-state index contributed by atoms with van der Waals surface area (Å²) >= 11 is 0. The largest absolute Gasteiger partial charge is 0.477 e. The molecular formula is C16H17N3O2. The van der Waals surface area contributed by atoms with Gasteiger partial charge in [-0.15, -0.1) is 0 Å². The molecule has 1 unspecified atom stereocenters. The van der Waals surface area contributed by atoms with Crippen LogP contribution in [0.25, 0.3) is 0 Å². The molecule has 2 heterocycles. The lowest BCUT2D eigenvalue weighted by molar-refractivity contribution is -0.137. The van der Waals surface area contributed by atoms with Gasteiger partial charge in [-0.3, -0.25) is 9.78 Å². The van der Waals surface area contributed by atoms with Gasteiger partial charge in [0.1, 0.15) is 5.75 Å². The highest BCUT2D eigenvalue weighted by molar-refractivity contribution is 5.82. The molecule has 1 aliphatic heterocycles. The summed E-state index contributed by atoms with van der Waals surface area (Å²) < 4.78 is 5.78. The Hall–Kier alpha value is -2.56. The van der Waals surface area contributed by atoms with Crippen molar-refractivity contribution in [3.8, 4) is 5.75 Å². The van der Waals surface area contributed by atoms with E-state index >= 15 is 0 Å². The summed E-state index contributed by atoms with van der Waals surface area (Å²) in [5, 5.41) is 3.22. The molecule has 0 radical (unpaired) electrons. The first kappa shape index (κ1) is 13.4. The number of rotatable bonds is 3. The zero-order valence-electron chi connectivity index (χ0n) is 11.8. The topological polar surface area (TPSA) is 54.5 Å². The molecule has 3 rings (SSSR count). The predicted molar refractivity (Wildman–Crippen MR) is 80.1 cm³/mol. The number of carbonyl (C=O) groups is 1. The number of anilines is 1. The molecule has 1 amide bonds. The van der Waals surface area contributed by atoms with E-state index in [2.05, 4.69) is 10.3 Å². The number of hydrogen-bond acceptors (Lipinski definition) is 4. The molecule has 0 spiro atoms. The first-order valence-electron chi connectivity index (χ1n) is 6.88. The van der Waals surface area contributed by atoms with E-state index in [9.17, 15) is 4.79 Å². The van der Waals surface area contributed by atoms with Gasteiger partial charge in [-0.1, -0.05) is 18.2 Å². The minimum Gasteiger partial charge on any atom is -0.477 e. The number of carbonyl (C=O) groups excluding carboxylic acids is 1. The number of nitrogens with zero attached hydrogens (tertiary/aromatic N) is 2. The standard InChI is InChI=1S/C16H17N3O2/c1-19(11-12-6-4-5-9-17-12)16(20)15-10-18-13-7-2-3-8-14(13)21-15/h2-9,15,18H,10-11H2,1H3. The van der Waals surface area contributed by atoms with E-state index in [1.807, 2.05) is 42.5 Å². The molecule has 0 saturated heterocycles. The van der Waals surface area contributed by atoms with Crippen LogP contribution in [0.4, 0.5) is 5.69 Å². The Morgan fingerprint density at radius 3 is 2.95 bits per heavy atom. The monoisotopic (exact) mass is 283 g/mol. The van der Waals surface area contributed by atoms with Crippen molar-refractivity contribution >= 4 is 11.6 Å². The molecule has 1 aromatic heterocycles. The van der Waals surface area contributed by atoms with Gasteiger partial charge in [-0.2, -0.15) is 0 Å². The zero-order chi connectivity index (χ0) is 14.7. The summed E-state index contributed by atoms with van der Waals surface area (Å²) in [6.45, 7) is 0.948. The third-order valence-electron chi connectivity index (χ3n) is 3.41. The normalized spacial score (nSPS) is 16.3. The smallest absolute Gasteiger partial charge is 0.265 e. The van der Waals surface area contributed by atoms with Gasteiger partial charge in [-0.05, 0) is 24.3 Å². The van der Waals surface area contributed by atoms with Crippen LogP contribution in [0.5, 0.6) is 5.75 Å². The summed E-state index contributed by atoms with van der Waals surface area (Å²) in [5.41, 5.74) is 1.78. The fourth-order valence-electron chi connectivity index (χ4n) is 2.31. The first-order valence-corrected chi connectivity index (χ1v) is 6.88. The number of nitrogens with one attached hydrogen (secondary N) is 1. The van der Waals surface area contributed by atoms with Crippen LogP contribution in [0.3, 0.4) is 0 Å². The summed E-state index contributed by atoms with van der Waals surface area (Å²) in [6, 6.07) is 13.3. The maximum Gasteiger partial charge on any atom is 0.265 e. The zero-order valence-corrected chi connectivity index (χ0v) is 11.8. The molecule has 0 saturated carbocycles. The number of fused-ring (bicyclic) bond motifs is 1. The Labute approximate surface area is 123 Å². The van der Waals surface area contributed by atoms with Crippen LogP contribution in [0.2, 0.25) is 0 Å². The molecule has 2 aromatic rings. The van der Waals surface area contributed by atoms with Crippen LogP contribution in [0.1, 0.15) is 5.69 Å². The quantitative estimate of drug-likeness (QED) is 0.935. The van der Waals surface area contributed by atoms with E-state index in [0.29, 0.717) is 18.8 Å². The average molecular weight is 283 g/mol. The highest BCUT2D eigenvalue weighted by atomic mass is 16.5. The van der Waals surface area contributed by atoms with E-state index in [-0.39, 0.29) is 5.91 Å². The van der Waals surface area contributed by atoms with Gasteiger partial charge in [0.15, 0.2) is 6.10 Å². The second kappa shape index (κ2) is 5.83. The van der Waals surface area contributed by atoms with Crippen LogP contribution < -0.4 is 10.1 Å². The fourth-order valence-corrected chi connectivity index (χ4v) is 2.31. The van der Waals surface area contributed by atoms with Crippen LogP contribution in [0, 0.1) is 0 Å². The van der Waals surface area contributed by atoms with Gasteiger partial charge < -0.3 is 15.0 Å². The Balaban J connectivity index is 1.66. The number of pyridine rings is 1. The molecule has 5 heteroatoms. The molecule has 1 atom stereocenters. The van der Waals surface area contributed by atoms with E-state index in [4.69, 9.17) is 4.74 Å². The van der Waals surface area contributed by atoms with Gasteiger partial charge in [0, 0.05) is 13.2 Å². The Kier molecular flexibility index (Phi) is 3.73. The van der Waals surface area contributed by atoms with Gasteiger partial charge in [0.25, 0.3) is 5.91 Å². The molecule has 5 nitrogen and oxygen atoms in total. The minimum atomic E-state index is -0.506. The third kappa shape index (κ3) is 2.97. The number of aromatic nitrogens is 1. The van der Waals surface area contributed by atoms with Crippen LogP contribution in [0.15, 0.2) is 48.7 Å². The van der Waals surface area contributed by atoms with E-state index < -0.39 is 6.10 Å². The molecule has 0 bridgehead atoms. The van der Waals surface area contributed by atoms with Gasteiger partial charge in [0.05, 0.1) is 24.5 Å². The molecule has 1 N–H and O–H groups in total. The summed E-state index contributed by atoms with van der Waals surface area (Å²) in [5.74, 6) is 0.663. The van der Waals surface area contributed by atoms with Gasteiger partial charge in [-0.25, -0.2) is 0 Å². The lowest BCUT2D eigenvalue weighted by Crippen LogP contribution is -2.45. The number of amides is 1. The van der Waals surface area contributed by atoms with Crippen LogP contribution in [-0.4, -0.2) is 35.5 Å². The maximum absolute atomic E-state index is 12.4. The van der Waals surface area contributed by atoms with Gasteiger partial charge in [0.2, 0.25) is 0 Å². The van der Waals surface area contributed by atoms with Crippen molar-refractivity contribution in [2.24, 2.45) is 0 Å². The average Bonchev–Trinajstić information content (AvgIpc) is 2.54. The number of benzene rings is 1. The molecule has 21 heavy (non-hydrogen) atoms. The lowest BCUT2D eigenvalue weighted by atomic mass is 10.2. The van der Waals surface area contributed by atoms with Crippen molar-refractivity contribution in [3.63, 3.8) is 0 Å². The Morgan fingerprint density at radius 2 is 2.14 bits per heavy atom. The van der Waals surface area contributed by atoms with Crippen molar-refractivity contribution in [2.75, 3.05) is 18.9 Å². The molecule has 0 aliphatic carbocycles. The Morgan fingerprint density at radius 1 is 1.33 bits per heavy atom. The second-order valence-electron chi connectivity index (χ2n) is 5.00. The minimum absolute atomic E-state index is 0.0531. The summed E-state index contributed by atoms with van der Waals surface area (Å²) in [6.07, 6.45) is 1.22. The van der Waals surface area contributed by atoms with E-state index in [1.165, 1.54) is 0 Å². The van der Waals surface area contributed by atoms with Gasteiger partial charge >= 0.3 is 0 Å². The summed E-state index contributed by atoms with van der Waals surface area (Å²) in [4.78, 5) is 18.3. The van der Waals surface area contributed by atoms with E-state index in [0.717, 1.165) is 11.4 Å². The highest BCUT2D eigenvalue weighted by Crippen LogP contribution is 2.28. The van der Waals surface area contributed by atoms with E-state index in [1.54, 1.807) is 18.1 Å². The van der Waals surface area contributed by atoms with Crippen molar-refractivity contribution in [3.05, 3.63) is 54.4 Å². The van der Waals surface area contributed by atoms with Crippen LogP contribution in [-0.2, 0) is 11.3 Å². The van der Waals surface area contributed by atoms with Crippen molar-refractivity contribution in [1.29, 1.82) is 0 Å². The van der Waals surface area contributed by atoms with Crippen molar-refractivity contribution in [2.45, 2.75) is 12.6 Å². The summed E-state index contributed by atoms with van der Waals surface area (Å²) in [7, 11) is 1.76. The molecule has 0 fully saturated rings. The number of hydrogen-bond donors (Lipinski definition) is 1. The second-order valence-corrected chi connectivity index (χ2v) is 5.00. The van der Waals surface area contributed by atoms with Crippen molar-refractivity contribution in [1.82, 2.24) is 9.88 Å². The Bertz CT molecular complexity index is 630. The molecule has 108 valence electrons. The highest BCUT2D eigenvalue weighted by Gasteiger charge is 2.28. The van der Waals surface area contributed by atoms with Crippen molar-refractivity contribution < 1.29 is 9.53 Å². The predicted octanol–water partition coefficient (Wildman–Crippen LogP) is 1.91. The number of ether oxygens (including phenoxy) is 1. The number of para-hydroxylation sites is 2. The fraction of sp³-hybridized carbons (Fsp3) is 0.250. The third-order valence-corrected chi connectivity index (χ3v) is 3.41. The molecule has 1 aromatic carbocycles. The number of likely N-dealkylation sites (N-methyl/N-ethyl adjacent to an activating group) is 1. The first-order chi connectivity index (χ1) is 10.2. The lowest BCUT2D eigenvalue weighted by Gasteiger charge is -2.29.